The average molecular weight is 333 g/mol. The zero-order valence-corrected chi connectivity index (χ0v) is 13.9. The van der Waals surface area contributed by atoms with Gasteiger partial charge in [0.15, 0.2) is 6.10 Å². The first kappa shape index (κ1) is 14.8. The maximum absolute atomic E-state index is 12.9. The molecule has 1 fully saturated rings. The highest BCUT2D eigenvalue weighted by atomic mass is 32.1. The summed E-state index contributed by atoms with van der Waals surface area (Å²) in [7, 11) is 0. The van der Waals surface area contributed by atoms with Gasteiger partial charge in [-0.25, -0.2) is 0 Å². The van der Waals surface area contributed by atoms with E-state index in [9.17, 15) is 4.79 Å². The maximum Gasteiger partial charge on any atom is 0.255 e. The van der Waals surface area contributed by atoms with Crippen molar-refractivity contribution >= 4 is 17.2 Å². The summed E-state index contributed by atoms with van der Waals surface area (Å²) in [6, 6.07) is 0. The number of fused-ring (bicyclic) bond motifs is 1. The molecule has 0 aromatic carbocycles. The molecule has 2 aromatic rings. The molecule has 1 atom stereocenters. The van der Waals surface area contributed by atoms with Crippen LogP contribution in [0.25, 0.3) is 0 Å². The Balaban J connectivity index is 1.53. The summed E-state index contributed by atoms with van der Waals surface area (Å²) in [5.74, 6) is 1.07. The van der Waals surface area contributed by atoms with Gasteiger partial charge >= 0.3 is 0 Å². The van der Waals surface area contributed by atoms with E-state index in [1.54, 1.807) is 18.3 Å². The van der Waals surface area contributed by atoms with E-state index in [1.807, 2.05) is 10.3 Å². The molecule has 3 heterocycles. The predicted molar refractivity (Wildman–Crippen MR) is 84.6 cm³/mol. The molecule has 2 aromatic heterocycles. The first-order valence-electron chi connectivity index (χ1n) is 8.02. The summed E-state index contributed by atoms with van der Waals surface area (Å²) < 4.78 is 11.1. The summed E-state index contributed by atoms with van der Waals surface area (Å²) in [5, 5.41) is 9.89. The number of ether oxygens (including phenoxy) is 1. The predicted octanol–water partition coefficient (Wildman–Crippen LogP) is 2.53. The van der Waals surface area contributed by atoms with E-state index >= 15 is 0 Å². The van der Waals surface area contributed by atoms with Gasteiger partial charge in [0.25, 0.3) is 5.91 Å². The van der Waals surface area contributed by atoms with Crippen molar-refractivity contribution < 1.29 is 13.9 Å². The molecule has 7 heteroatoms. The molecule has 1 saturated heterocycles. The first-order valence-corrected chi connectivity index (χ1v) is 8.90. The van der Waals surface area contributed by atoms with Crippen molar-refractivity contribution in [3.05, 3.63) is 33.2 Å². The Labute approximate surface area is 138 Å². The standard InChI is InChI=1S/C16H19N3O3S/c1-10-17-18-15(22-10)13-8-19(6-7-21-13)16(20)12-9-23-14-5-3-2-4-11(12)14/h9,13H,2-8H2,1H3/t13-/m1/s1. The molecule has 0 unspecified atom stereocenters. The lowest BCUT2D eigenvalue weighted by Gasteiger charge is -2.31. The number of rotatable bonds is 2. The van der Waals surface area contributed by atoms with Crippen LogP contribution in [-0.4, -0.2) is 40.7 Å². The minimum absolute atomic E-state index is 0.105. The van der Waals surface area contributed by atoms with Crippen LogP contribution in [0.3, 0.4) is 0 Å². The summed E-state index contributed by atoms with van der Waals surface area (Å²) >= 11 is 1.73. The Hall–Kier alpha value is -1.73. The Kier molecular flexibility index (Phi) is 3.90. The highest BCUT2D eigenvalue weighted by molar-refractivity contribution is 7.10. The topological polar surface area (TPSA) is 68.5 Å². The number of aryl methyl sites for hydroxylation is 2. The SMILES string of the molecule is Cc1nnc([C@H]2CN(C(=O)c3csc4c3CCCC4)CCO2)o1. The fourth-order valence-corrected chi connectivity index (χ4v) is 4.39. The maximum atomic E-state index is 12.9. The third-order valence-corrected chi connectivity index (χ3v) is 5.55. The van der Waals surface area contributed by atoms with Crippen molar-refractivity contribution in [3.63, 3.8) is 0 Å². The minimum atomic E-state index is -0.330. The third kappa shape index (κ3) is 2.79. The number of thiophene rings is 1. The molecule has 6 nitrogen and oxygen atoms in total. The van der Waals surface area contributed by atoms with Crippen LogP contribution in [0.15, 0.2) is 9.80 Å². The molecule has 0 saturated carbocycles. The number of carbonyl (C=O) groups is 1. The molecule has 1 aliphatic carbocycles. The summed E-state index contributed by atoms with van der Waals surface area (Å²) in [6.45, 7) is 3.31. The normalized spacial score (nSPS) is 21.3. The lowest BCUT2D eigenvalue weighted by Crippen LogP contribution is -2.42. The molecule has 23 heavy (non-hydrogen) atoms. The highest BCUT2D eigenvalue weighted by Crippen LogP contribution is 2.32. The average Bonchev–Trinajstić information content (AvgIpc) is 3.20. The second-order valence-electron chi connectivity index (χ2n) is 6.03. The Morgan fingerprint density at radius 2 is 2.22 bits per heavy atom. The smallest absolute Gasteiger partial charge is 0.255 e. The van der Waals surface area contributed by atoms with Crippen molar-refractivity contribution in [1.29, 1.82) is 0 Å². The summed E-state index contributed by atoms with van der Waals surface area (Å²) in [5.41, 5.74) is 2.15. The zero-order chi connectivity index (χ0) is 15.8. The van der Waals surface area contributed by atoms with Gasteiger partial charge < -0.3 is 14.1 Å². The van der Waals surface area contributed by atoms with Gasteiger partial charge in [-0.05, 0) is 31.2 Å². The van der Waals surface area contributed by atoms with Gasteiger partial charge in [0.1, 0.15) is 0 Å². The number of hydrogen-bond donors (Lipinski definition) is 0. The molecule has 1 amide bonds. The van der Waals surface area contributed by atoms with Gasteiger partial charge in [-0.3, -0.25) is 4.79 Å². The van der Waals surface area contributed by atoms with Crippen molar-refractivity contribution in [2.24, 2.45) is 0 Å². The highest BCUT2D eigenvalue weighted by Gasteiger charge is 2.31. The number of nitrogens with zero attached hydrogens (tertiary/aromatic N) is 3. The Morgan fingerprint density at radius 1 is 1.35 bits per heavy atom. The molecule has 0 N–H and O–H groups in total. The summed E-state index contributed by atoms with van der Waals surface area (Å²) in [4.78, 5) is 16.2. The van der Waals surface area contributed by atoms with E-state index in [1.165, 1.54) is 23.3 Å². The van der Waals surface area contributed by atoms with Crippen LogP contribution < -0.4 is 0 Å². The van der Waals surface area contributed by atoms with Crippen LogP contribution in [0.2, 0.25) is 0 Å². The van der Waals surface area contributed by atoms with Gasteiger partial charge in [0, 0.05) is 23.7 Å². The Morgan fingerprint density at radius 3 is 3.04 bits per heavy atom. The van der Waals surface area contributed by atoms with E-state index in [0.717, 1.165) is 18.4 Å². The van der Waals surface area contributed by atoms with Crippen LogP contribution in [0.1, 0.15) is 51.5 Å². The van der Waals surface area contributed by atoms with Gasteiger partial charge in [-0.1, -0.05) is 0 Å². The molecule has 2 aliphatic rings. The lowest BCUT2D eigenvalue weighted by atomic mass is 9.95. The molecule has 0 spiro atoms. The second-order valence-corrected chi connectivity index (χ2v) is 6.99. The van der Waals surface area contributed by atoms with Crippen molar-refractivity contribution in [1.82, 2.24) is 15.1 Å². The molecule has 122 valence electrons. The zero-order valence-electron chi connectivity index (χ0n) is 13.1. The number of aromatic nitrogens is 2. The lowest BCUT2D eigenvalue weighted by molar-refractivity contribution is -0.0349. The van der Waals surface area contributed by atoms with Crippen LogP contribution in [0, 0.1) is 6.92 Å². The van der Waals surface area contributed by atoms with Crippen molar-refractivity contribution in [2.75, 3.05) is 19.7 Å². The monoisotopic (exact) mass is 333 g/mol. The molecule has 0 radical (unpaired) electrons. The van der Waals surface area contributed by atoms with Gasteiger partial charge in [-0.2, -0.15) is 0 Å². The van der Waals surface area contributed by atoms with E-state index in [4.69, 9.17) is 9.15 Å². The van der Waals surface area contributed by atoms with Crippen molar-refractivity contribution in [3.8, 4) is 0 Å². The first-order chi connectivity index (χ1) is 11.2. The quantitative estimate of drug-likeness (QED) is 0.845. The Bertz CT molecular complexity index is 724. The van der Waals surface area contributed by atoms with Gasteiger partial charge in [-0.15, -0.1) is 21.5 Å². The van der Waals surface area contributed by atoms with Crippen LogP contribution in [0.4, 0.5) is 0 Å². The second kappa shape index (κ2) is 6.05. The van der Waals surface area contributed by atoms with Gasteiger partial charge in [0.05, 0.1) is 18.7 Å². The summed E-state index contributed by atoms with van der Waals surface area (Å²) in [6.07, 6.45) is 4.22. The molecule has 4 rings (SSSR count). The third-order valence-electron chi connectivity index (χ3n) is 4.46. The largest absolute Gasteiger partial charge is 0.423 e. The minimum Gasteiger partial charge on any atom is -0.423 e. The van der Waals surface area contributed by atoms with Crippen molar-refractivity contribution in [2.45, 2.75) is 38.7 Å². The number of amides is 1. The van der Waals surface area contributed by atoms with Crippen LogP contribution >= 0.6 is 11.3 Å². The van der Waals surface area contributed by atoms with Gasteiger partial charge in [0.2, 0.25) is 11.8 Å². The number of carbonyl (C=O) groups excluding carboxylic acids is 1. The molecular weight excluding hydrogens is 314 g/mol. The molecule has 0 bridgehead atoms. The van der Waals surface area contributed by atoms with E-state index in [-0.39, 0.29) is 12.0 Å². The van der Waals surface area contributed by atoms with Crippen LogP contribution in [-0.2, 0) is 17.6 Å². The number of morpholine rings is 1. The molecule has 1 aliphatic heterocycles. The molecular formula is C16H19N3O3S. The van der Waals surface area contributed by atoms with E-state index < -0.39 is 0 Å². The fourth-order valence-electron chi connectivity index (χ4n) is 3.27. The fraction of sp³-hybridized carbons (Fsp3) is 0.562. The number of hydrogen-bond acceptors (Lipinski definition) is 6. The van der Waals surface area contributed by atoms with Crippen LogP contribution in [0.5, 0.6) is 0 Å². The van der Waals surface area contributed by atoms with E-state index in [2.05, 4.69) is 10.2 Å². The van der Waals surface area contributed by atoms with E-state index in [0.29, 0.717) is 31.5 Å².